The molecular weight excluding hydrogens is 238 g/mol. The Labute approximate surface area is 117 Å². The van der Waals surface area contributed by atoms with Gasteiger partial charge in [-0.1, -0.05) is 6.92 Å². The van der Waals surface area contributed by atoms with Gasteiger partial charge in [0.1, 0.15) is 0 Å². The third-order valence-electron chi connectivity index (χ3n) is 4.81. The Kier molecular flexibility index (Phi) is 5.22. The minimum atomic E-state index is 0.256. The number of carbonyl (C=O) groups excluding carboxylic acids is 1. The molecule has 1 amide bonds. The van der Waals surface area contributed by atoms with Crippen molar-refractivity contribution in [3.8, 4) is 0 Å². The van der Waals surface area contributed by atoms with Gasteiger partial charge in [0.2, 0.25) is 5.91 Å². The van der Waals surface area contributed by atoms with Gasteiger partial charge in [-0.05, 0) is 39.7 Å². The van der Waals surface area contributed by atoms with Gasteiger partial charge in [0, 0.05) is 44.2 Å². The van der Waals surface area contributed by atoms with E-state index in [1.165, 1.54) is 6.42 Å². The zero-order valence-electron chi connectivity index (χ0n) is 12.7. The molecule has 110 valence electrons. The van der Waals surface area contributed by atoms with E-state index in [4.69, 9.17) is 0 Å². The Hall–Kier alpha value is -0.610. The SMILES string of the molecule is CCC(C)N1CCN(C(=O)C2CCNC(C)C2)CC1. The average Bonchev–Trinajstić information content (AvgIpc) is 2.46. The third kappa shape index (κ3) is 3.69. The Bertz CT molecular complexity index is 300. The number of amides is 1. The maximum absolute atomic E-state index is 12.5. The van der Waals surface area contributed by atoms with Gasteiger partial charge in [-0.2, -0.15) is 0 Å². The number of hydrogen-bond acceptors (Lipinski definition) is 3. The highest BCUT2D eigenvalue weighted by molar-refractivity contribution is 5.79. The Balaban J connectivity index is 1.82. The minimum Gasteiger partial charge on any atom is -0.340 e. The van der Waals surface area contributed by atoms with Crippen molar-refractivity contribution in [1.29, 1.82) is 0 Å². The van der Waals surface area contributed by atoms with E-state index in [9.17, 15) is 4.79 Å². The number of piperazine rings is 1. The molecule has 0 aromatic rings. The lowest BCUT2D eigenvalue weighted by Gasteiger charge is -2.40. The van der Waals surface area contributed by atoms with Gasteiger partial charge in [0.15, 0.2) is 0 Å². The maximum Gasteiger partial charge on any atom is 0.225 e. The topological polar surface area (TPSA) is 35.6 Å². The fraction of sp³-hybridized carbons (Fsp3) is 0.933. The molecule has 2 fully saturated rings. The van der Waals surface area contributed by atoms with E-state index in [1.54, 1.807) is 0 Å². The number of piperidine rings is 1. The number of nitrogens with zero attached hydrogens (tertiary/aromatic N) is 2. The standard InChI is InChI=1S/C15H29N3O/c1-4-13(3)17-7-9-18(10-8-17)15(19)14-5-6-16-12(2)11-14/h12-14,16H,4-11H2,1-3H3. The quantitative estimate of drug-likeness (QED) is 0.837. The summed E-state index contributed by atoms with van der Waals surface area (Å²) in [6.45, 7) is 11.6. The van der Waals surface area contributed by atoms with Crippen molar-refractivity contribution in [3.63, 3.8) is 0 Å². The first-order valence-corrected chi connectivity index (χ1v) is 7.88. The molecule has 0 aliphatic carbocycles. The predicted molar refractivity (Wildman–Crippen MR) is 78.1 cm³/mol. The fourth-order valence-electron chi connectivity index (χ4n) is 3.26. The monoisotopic (exact) mass is 267 g/mol. The minimum absolute atomic E-state index is 0.256. The second-order valence-electron chi connectivity index (χ2n) is 6.19. The molecule has 3 atom stereocenters. The van der Waals surface area contributed by atoms with Crippen molar-refractivity contribution in [3.05, 3.63) is 0 Å². The normalized spacial score (nSPS) is 31.2. The highest BCUT2D eigenvalue weighted by atomic mass is 16.2. The van der Waals surface area contributed by atoms with E-state index in [2.05, 4.69) is 35.9 Å². The van der Waals surface area contributed by atoms with Crippen molar-refractivity contribution in [2.75, 3.05) is 32.7 Å². The molecule has 0 spiro atoms. The molecule has 2 saturated heterocycles. The number of carbonyl (C=O) groups is 1. The summed E-state index contributed by atoms with van der Waals surface area (Å²) in [5, 5.41) is 3.42. The van der Waals surface area contributed by atoms with Crippen molar-refractivity contribution in [1.82, 2.24) is 15.1 Å². The number of nitrogens with one attached hydrogen (secondary N) is 1. The molecule has 2 rings (SSSR count). The van der Waals surface area contributed by atoms with Crippen LogP contribution in [0.1, 0.15) is 40.0 Å². The molecular formula is C15H29N3O. The predicted octanol–water partition coefficient (Wildman–Crippen LogP) is 1.32. The number of rotatable bonds is 3. The van der Waals surface area contributed by atoms with Crippen LogP contribution in [-0.4, -0.2) is 60.5 Å². The van der Waals surface area contributed by atoms with Crippen LogP contribution in [0.5, 0.6) is 0 Å². The molecule has 2 aliphatic heterocycles. The first kappa shape index (κ1) is 14.8. The smallest absolute Gasteiger partial charge is 0.225 e. The lowest BCUT2D eigenvalue weighted by molar-refractivity contribution is -0.138. The first-order valence-electron chi connectivity index (χ1n) is 7.88. The van der Waals surface area contributed by atoms with Crippen molar-refractivity contribution < 1.29 is 4.79 Å². The zero-order valence-corrected chi connectivity index (χ0v) is 12.7. The summed E-state index contributed by atoms with van der Waals surface area (Å²) in [7, 11) is 0. The first-order chi connectivity index (χ1) is 9.11. The van der Waals surface area contributed by atoms with E-state index >= 15 is 0 Å². The van der Waals surface area contributed by atoms with Gasteiger partial charge in [0.05, 0.1) is 0 Å². The van der Waals surface area contributed by atoms with Gasteiger partial charge >= 0.3 is 0 Å². The molecule has 0 saturated carbocycles. The maximum atomic E-state index is 12.5. The lowest BCUT2D eigenvalue weighted by Crippen LogP contribution is -2.53. The van der Waals surface area contributed by atoms with Crippen LogP contribution in [0.3, 0.4) is 0 Å². The van der Waals surface area contributed by atoms with Gasteiger partial charge in [-0.15, -0.1) is 0 Å². The largest absolute Gasteiger partial charge is 0.340 e. The summed E-state index contributed by atoms with van der Waals surface area (Å²) in [5.74, 6) is 0.656. The molecule has 0 bridgehead atoms. The third-order valence-corrected chi connectivity index (χ3v) is 4.81. The van der Waals surface area contributed by atoms with Gasteiger partial charge in [0.25, 0.3) is 0 Å². The highest BCUT2D eigenvalue weighted by Gasteiger charge is 2.30. The van der Waals surface area contributed by atoms with E-state index < -0.39 is 0 Å². The molecule has 0 radical (unpaired) electrons. The Morgan fingerprint density at radius 3 is 2.58 bits per heavy atom. The van der Waals surface area contributed by atoms with Crippen LogP contribution in [0.2, 0.25) is 0 Å². The second kappa shape index (κ2) is 6.71. The average molecular weight is 267 g/mol. The molecule has 2 heterocycles. The van der Waals surface area contributed by atoms with Crippen LogP contribution in [-0.2, 0) is 4.79 Å². The molecule has 1 N–H and O–H groups in total. The van der Waals surface area contributed by atoms with Gasteiger partial charge < -0.3 is 10.2 Å². The van der Waals surface area contributed by atoms with Gasteiger partial charge in [-0.25, -0.2) is 0 Å². The summed E-state index contributed by atoms with van der Waals surface area (Å²) in [6.07, 6.45) is 3.21. The summed E-state index contributed by atoms with van der Waals surface area (Å²) in [4.78, 5) is 17.1. The van der Waals surface area contributed by atoms with E-state index in [-0.39, 0.29) is 5.92 Å². The number of hydrogen-bond donors (Lipinski definition) is 1. The fourth-order valence-corrected chi connectivity index (χ4v) is 3.26. The van der Waals surface area contributed by atoms with Crippen LogP contribution in [0, 0.1) is 5.92 Å². The zero-order chi connectivity index (χ0) is 13.8. The summed E-state index contributed by atoms with van der Waals surface area (Å²) in [5.41, 5.74) is 0. The van der Waals surface area contributed by atoms with E-state index in [0.717, 1.165) is 45.6 Å². The second-order valence-corrected chi connectivity index (χ2v) is 6.19. The lowest BCUT2D eigenvalue weighted by atomic mass is 9.92. The molecule has 0 aromatic heterocycles. The van der Waals surface area contributed by atoms with Crippen LogP contribution in [0.15, 0.2) is 0 Å². The van der Waals surface area contributed by atoms with Crippen molar-refractivity contribution in [2.24, 2.45) is 5.92 Å². The Morgan fingerprint density at radius 2 is 2.00 bits per heavy atom. The van der Waals surface area contributed by atoms with Crippen molar-refractivity contribution in [2.45, 2.75) is 52.1 Å². The summed E-state index contributed by atoms with van der Waals surface area (Å²) < 4.78 is 0. The molecule has 19 heavy (non-hydrogen) atoms. The summed E-state index contributed by atoms with van der Waals surface area (Å²) in [6, 6.07) is 1.14. The van der Waals surface area contributed by atoms with Crippen LogP contribution < -0.4 is 5.32 Å². The van der Waals surface area contributed by atoms with E-state index in [1.807, 2.05) is 0 Å². The van der Waals surface area contributed by atoms with Gasteiger partial charge in [-0.3, -0.25) is 9.69 Å². The van der Waals surface area contributed by atoms with Crippen LogP contribution in [0.25, 0.3) is 0 Å². The summed E-state index contributed by atoms with van der Waals surface area (Å²) >= 11 is 0. The molecule has 0 aromatic carbocycles. The van der Waals surface area contributed by atoms with Crippen LogP contribution >= 0.6 is 0 Å². The molecule has 3 unspecified atom stereocenters. The molecule has 2 aliphatic rings. The molecule has 4 nitrogen and oxygen atoms in total. The van der Waals surface area contributed by atoms with Crippen molar-refractivity contribution >= 4 is 5.91 Å². The molecule has 4 heteroatoms. The Morgan fingerprint density at radius 1 is 1.32 bits per heavy atom. The van der Waals surface area contributed by atoms with Crippen LogP contribution in [0.4, 0.5) is 0 Å². The highest BCUT2D eigenvalue weighted by Crippen LogP contribution is 2.20. The van der Waals surface area contributed by atoms with E-state index in [0.29, 0.717) is 18.0 Å².